The van der Waals surface area contributed by atoms with Gasteiger partial charge in [0.2, 0.25) is 11.8 Å². The number of nitrogen functional groups attached to an aromatic ring is 1. The molecule has 0 spiro atoms. The second kappa shape index (κ2) is 10.1. The zero-order valence-corrected chi connectivity index (χ0v) is 17.0. The van der Waals surface area contributed by atoms with E-state index in [1.165, 1.54) is 30.0 Å². The maximum absolute atomic E-state index is 12.8. The van der Waals surface area contributed by atoms with Gasteiger partial charge in [-0.2, -0.15) is 0 Å². The van der Waals surface area contributed by atoms with Crippen LogP contribution in [-0.2, 0) is 19.2 Å². The number of aldehydes is 1. The van der Waals surface area contributed by atoms with Crippen molar-refractivity contribution in [2.24, 2.45) is 0 Å². The number of aliphatic carboxylic acids is 1. The number of carboxylic acid groups (broad SMARTS) is 1. The van der Waals surface area contributed by atoms with Crippen molar-refractivity contribution in [1.82, 2.24) is 15.5 Å². The van der Waals surface area contributed by atoms with Crippen LogP contribution in [-0.4, -0.2) is 64.7 Å². The molecular formula is C19H23ClN4O6. The standard InChI is InChI=1S/C19H23ClN4O6/c1-10(22-17(28)11-4-5-14(21)13(20)7-11)19(30)24-6-2-3-15(24)18(29)23-12(9-25)8-16(26)27/h4-5,7,9-10,12,15H,2-3,6,8,21H2,1H3,(H,22,28)(H,23,29)(H,26,27)/t10-,12-,15+/m0/s1. The third-order valence-corrected chi connectivity index (χ3v) is 5.03. The van der Waals surface area contributed by atoms with Gasteiger partial charge in [0.05, 0.1) is 23.2 Å². The quantitative estimate of drug-likeness (QED) is 0.333. The Labute approximate surface area is 177 Å². The molecule has 1 aromatic carbocycles. The third kappa shape index (κ3) is 5.69. The molecule has 1 aliphatic rings. The average molecular weight is 439 g/mol. The molecule has 0 bridgehead atoms. The van der Waals surface area contributed by atoms with Crippen molar-refractivity contribution in [3.63, 3.8) is 0 Å². The number of halogens is 1. The van der Waals surface area contributed by atoms with E-state index in [2.05, 4.69) is 10.6 Å². The normalized spacial score (nSPS) is 17.7. The van der Waals surface area contributed by atoms with Crippen LogP contribution >= 0.6 is 11.6 Å². The zero-order chi connectivity index (χ0) is 22.4. The number of nitrogens with zero attached hydrogens (tertiary/aromatic N) is 1. The molecule has 0 unspecified atom stereocenters. The van der Waals surface area contributed by atoms with Crippen LogP contribution in [0.4, 0.5) is 5.69 Å². The van der Waals surface area contributed by atoms with Crippen molar-refractivity contribution in [1.29, 1.82) is 0 Å². The van der Waals surface area contributed by atoms with E-state index in [0.717, 1.165) is 0 Å². The van der Waals surface area contributed by atoms with Gasteiger partial charge < -0.3 is 31.2 Å². The topological polar surface area (TPSA) is 159 Å². The highest BCUT2D eigenvalue weighted by Crippen LogP contribution is 2.21. The summed E-state index contributed by atoms with van der Waals surface area (Å²) in [5.41, 5.74) is 6.17. The van der Waals surface area contributed by atoms with Gasteiger partial charge in [0.1, 0.15) is 18.4 Å². The monoisotopic (exact) mass is 438 g/mol. The molecule has 3 atom stereocenters. The van der Waals surface area contributed by atoms with E-state index in [1.54, 1.807) is 0 Å². The lowest BCUT2D eigenvalue weighted by Gasteiger charge is -2.27. The summed E-state index contributed by atoms with van der Waals surface area (Å²) in [5, 5.41) is 13.9. The van der Waals surface area contributed by atoms with E-state index in [1.807, 2.05) is 0 Å². The second-order valence-corrected chi connectivity index (χ2v) is 7.38. The zero-order valence-electron chi connectivity index (χ0n) is 16.3. The average Bonchev–Trinajstić information content (AvgIpc) is 3.18. The predicted molar refractivity (Wildman–Crippen MR) is 108 cm³/mol. The van der Waals surface area contributed by atoms with E-state index in [-0.39, 0.29) is 10.6 Å². The maximum Gasteiger partial charge on any atom is 0.305 e. The lowest BCUT2D eigenvalue weighted by atomic mass is 10.1. The summed E-state index contributed by atoms with van der Waals surface area (Å²) in [6.45, 7) is 1.79. The van der Waals surface area contributed by atoms with Crippen molar-refractivity contribution in [3.8, 4) is 0 Å². The molecule has 0 aliphatic carbocycles. The van der Waals surface area contributed by atoms with E-state index in [9.17, 15) is 24.0 Å². The first kappa shape index (κ1) is 23.1. The van der Waals surface area contributed by atoms with Gasteiger partial charge in [-0.05, 0) is 38.0 Å². The lowest BCUT2D eigenvalue weighted by Crippen LogP contribution is -2.54. The number of anilines is 1. The molecule has 0 saturated carbocycles. The molecule has 1 saturated heterocycles. The Morgan fingerprint density at radius 2 is 2.03 bits per heavy atom. The number of hydrogen-bond donors (Lipinski definition) is 4. The lowest BCUT2D eigenvalue weighted by molar-refractivity contribution is -0.141. The van der Waals surface area contributed by atoms with Gasteiger partial charge in [0, 0.05) is 12.1 Å². The predicted octanol–water partition coefficient (Wildman–Crippen LogP) is 0.190. The van der Waals surface area contributed by atoms with Crippen LogP contribution in [0.5, 0.6) is 0 Å². The summed E-state index contributed by atoms with van der Waals surface area (Å²) in [6.07, 6.45) is 0.716. The van der Waals surface area contributed by atoms with E-state index >= 15 is 0 Å². The minimum atomic E-state index is -1.23. The van der Waals surface area contributed by atoms with Gasteiger partial charge in [-0.3, -0.25) is 19.2 Å². The van der Waals surface area contributed by atoms with Gasteiger partial charge in [0.25, 0.3) is 5.91 Å². The molecule has 1 heterocycles. The molecule has 11 heteroatoms. The van der Waals surface area contributed by atoms with Gasteiger partial charge >= 0.3 is 5.97 Å². The van der Waals surface area contributed by atoms with Crippen LogP contribution in [0.1, 0.15) is 36.5 Å². The fourth-order valence-corrected chi connectivity index (χ4v) is 3.34. The van der Waals surface area contributed by atoms with Crippen LogP contribution in [0.15, 0.2) is 18.2 Å². The van der Waals surface area contributed by atoms with Crippen LogP contribution in [0.2, 0.25) is 5.02 Å². The fraction of sp³-hybridized carbons (Fsp3) is 0.421. The summed E-state index contributed by atoms with van der Waals surface area (Å²) >= 11 is 5.91. The third-order valence-electron chi connectivity index (χ3n) is 4.71. The maximum atomic E-state index is 12.8. The van der Waals surface area contributed by atoms with Crippen molar-refractivity contribution in [2.45, 2.75) is 44.3 Å². The minimum Gasteiger partial charge on any atom is -0.481 e. The molecule has 0 radical (unpaired) electrons. The smallest absolute Gasteiger partial charge is 0.305 e. The molecule has 3 amide bonds. The highest BCUT2D eigenvalue weighted by molar-refractivity contribution is 6.33. The molecule has 0 aromatic heterocycles. The summed E-state index contributed by atoms with van der Waals surface area (Å²) in [7, 11) is 0. The molecule has 2 rings (SSSR count). The number of amides is 3. The molecular weight excluding hydrogens is 416 g/mol. The first-order valence-electron chi connectivity index (χ1n) is 9.27. The van der Waals surface area contributed by atoms with Crippen molar-refractivity contribution >= 4 is 47.3 Å². The molecule has 5 N–H and O–H groups in total. The summed E-state index contributed by atoms with van der Waals surface area (Å²) in [4.78, 5) is 60.7. The molecule has 1 aliphatic heterocycles. The van der Waals surface area contributed by atoms with E-state index < -0.39 is 48.2 Å². The SMILES string of the molecule is C[C@H](NC(=O)c1ccc(N)c(Cl)c1)C(=O)N1CCC[C@@H]1C(=O)N[C@H](C=O)CC(=O)O. The first-order valence-corrected chi connectivity index (χ1v) is 9.65. The van der Waals surface area contributed by atoms with Gasteiger partial charge in [0.15, 0.2) is 0 Å². The Bertz CT molecular complexity index is 861. The Balaban J connectivity index is 2.02. The van der Waals surface area contributed by atoms with Gasteiger partial charge in [-0.25, -0.2) is 0 Å². The Hall–Kier alpha value is -3.14. The summed E-state index contributed by atoms with van der Waals surface area (Å²) in [6, 6.07) is 1.38. The number of benzene rings is 1. The van der Waals surface area contributed by atoms with Crippen molar-refractivity contribution < 1.29 is 29.1 Å². The number of nitrogens with one attached hydrogen (secondary N) is 2. The van der Waals surface area contributed by atoms with E-state index in [4.69, 9.17) is 22.4 Å². The van der Waals surface area contributed by atoms with E-state index in [0.29, 0.717) is 31.4 Å². The highest BCUT2D eigenvalue weighted by atomic mass is 35.5. The van der Waals surface area contributed by atoms with Crippen LogP contribution in [0, 0.1) is 0 Å². The summed E-state index contributed by atoms with van der Waals surface area (Å²) in [5.74, 6) is -2.84. The molecule has 1 aromatic rings. The number of likely N-dealkylation sites (tertiary alicyclic amines) is 1. The second-order valence-electron chi connectivity index (χ2n) is 6.97. The number of nitrogens with two attached hydrogens (primary N) is 1. The van der Waals surface area contributed by atoms with Crippen LogP contribution < -0.4 is 16.4 Å². The van der Waals surface area contributed by atoms with Crippen LogP contribution in [0.25, 0.3) is 0 Å². The number of hydrogen-bond acceptors (Lipinski definition) is 6. The first-order chi connectivity index (χ1) is 14.1. The van der Waals surface area contributed by atoms with Crippen molar-refractivity contribution in [2.75, 3.05) is 12.3 Å². The molecule has 30 heavy (non-hydrogen) atoms. The van der Waals surface area contributed by atoms with Crippen molar-refractivity contribution in [3.05, 3.63) is 28.8 Å². The van der Waals surface area contributed by atoms with Gasteiger partial charge in [-0.15, -0.1) is 0 Å². The number of rotatable bonds is 8. The number of carbonyl (C=O) groups is 5. The summed E-state index contributed by atoms with van der Waals surface area (Å²) < 4.78 is 0. The number of carboxylic acids is 1. The number of carbonyl (C=O) groups excluding carboxylic acids is 4. The molecule has 162 valence electrons. The minimum absolute atomic E-state index is 0.212. The Kier molecular flexibility index (Phi) is 7.76. The molecule has 10 nitrogen and oxygen atoms in total. The Morgan fingerprint density at radius 3 is 2.63 bits per heavy atom. The van der Waals surface area contributed by atoms with Gasteiger partial charge in [-0.1, -0.05) is 11.6 Å². The molecule has 1 fully saturated rings. The highest BCUT2D eigenvalue weighted by Gasteiger charge is 2.37. The largest absolute Gasteiger partial charge is 0.481 e. The Morgan fingerprint density at radius 1 is 1.33 bits per heavy atom. The van der Waals surface area contributed by atoms with Crippen LogP contribution in [0.3, 0.4) is 0 Å². The fourth-order valence-electron chi connectivity index (χ4n) is 3.16.